The molecule has 0 N–H and O–H groups in total. The number of hydrogen-bond acceptors (Lipinski definition) is 3. The third kappa shape index (κ3) is 5.68. The van der Waals surface area contributed by atoms with Crippen LogP contribution >= 0.6 is 46.7 Å². The minimum Gasteiger partial charge on any atom is -0.242 e. The lowest BCUT2D eigenvalue weighted by atomic mass is 10.3. The molecule has 0 amide bonds. The number of nitrogens with zero attached hydrogens (tertiary/aromatic N) is 1. The van der Waals surface area contributed by atoms with Crippen molar-refractivity contribution in [2.75, 3.05) is 0 Å². The maximum absolute atomic E-state index is 6.33. The molecule has 0 unspecified atom stereocenters. The quantitative estimate of drug-likeness (QED) is 0.237. The number of rotatable bonds is 5. The lowest BCUT2D eigenvalue weighted by Crippen LogP contribution is -1.87. The molecular weight excluding hydrogens is 401 g/mol. The van der Waals surface area contributed by atoms with Gasteiger partial charge in [0.2, 0.25) is 0 Å². The minimum absolute atomic E-state index is 0.540. The fourth-order valence-corrected chi connectivity index (χ4v) is 4.15. The van der Waals surface area contributed by atoms with Crippen molar-refractivity contribution in [3.05, 3.63) is 100 Å². The molecule has 26 heavy (non-hydrogen) atoms. The molecule has 0 fully saturated rings. The van der Waals surface area contributed by atoms with E-state index in [9.17, 15) is 0 Å². The Labute approximate surface area is 172 Å². The summed E-state index contributed by atoms with van der Waals surface area (Å²) in [6.45, 7) is 0. The van der Waals surface area contributed by atoms with Gasteiger partial charge in [-0.3, -0.25) is 0 Å². The van der Waals surface area contributed by atoms with Crippen molar-refractivity contribution in [3.8, 4) is 0 Å². The average Bonchev–Trinajstić information content (AvgIpc) is 2.67. The van der Waals surface area contributed by atoms with Gasteiger partial charge in [0, 0.05) is 9.79 Å². The molecule has 5 heteroatoms. The van der Waals surface area contributed by atoms with Crippen molar-refractivity contribution in [1.29, 1.82) is 0 Å². The second kappa shape index (κ2) is 9.89. The third-order valence-corrected chi connectivity index (χ3v) is 6.03. The summed E-state index contributed by atoms with van der Waals surface area (Å²) in [6.07, 6.45) is 1.99. The van der Waals surface area contributed by atoms with Crippen LogP contribution in [0.15, 0.2) is 105 Å². The largest absolute Gasteiger partial charge is 0.242 e. The summed E-state index contributed by atoms with van der Waals surface area (Å²) in [5.41, 5.74) is 0.891. The van der Waals surface area contributed by atoms with Gasteiger partial charge >= 0.3 is 0 Å². The molecule has 0 aliphatic heterocycles. The van der Waals surface area contributed by atoms with Crippen molar-refractivity contribution < 1.29 is 0 Å². The second-order valence-corrected chi connectivity index (χ2v) is 8.00. The molecule has 0 heterocycles. The zero-order valence-corrected chi connectivity index (χ0v) is 16.8. The molecule has 3 aromatic rings. The highest BCUT2D eigenvalue weighted by Crippen LogP contribution is 2.34. The minimum atomic E-state index is 0.540. The van der Waals surface area contributed by atoms with E-state index in [0.29, 0.717) is 10.0 Å². The smallest absolute Gasteiger partial charge is 0.102 e. The van der Waals surface area contributed by atoms with Gasteiger partial charge in [-0.1, -0.05) is 89.2 Å². The van der Waals surface area contributed by atoms with Gasteiger partial charge in [-0.15, -0.1) is 0 Å². The van der Waals surface area contributed by atoms with Crippen LogP contribution in [0.25, 0.3) is 0 Å². The lowest BCUT2D eigenvalue weighted by molar-refractivity contribution is 1.47. The van der Waals surface area contributed by atoms with Crippen LogP contribution < -0.4 is 0 Å². The predicted molar refractivity (Wildman–Crippen MR) is 117 cm³/mol. The molecule has 0 aliphatic rings. The number of halogens is 2. The fraction of sp³-hybridized carbons (Fsp3) is 0. The van der Waals surface area contributed by atoms with Crippen LogP contribution in [0.3, 0.4) is 0 Å². The number of benzene rings is 3. The van der Waals surface area contributed by atoms with Crippen LogP contribution in [0.2, 0.25) is 10.0 Å². The van der Waals surface area contributed by atoms with Crippen molar-refractivity contribution in [1.82, 2.24) is 0 Å². The molecule has 0 aromatic heterocycles. The van der Waals surface area contributed by atoms with Crippen LogP contribution in [0.1, 0.15) is 0 Å². The Hall–Kier alpha value is -1.65. The molecule has 3 aromatic carbocycles. The van der Waals surface area contributed by atoms with Crippen molar-refractivity contribution in [2.45, 2.75) is 9.79 Å². The first-order valence-corrected chi connectivity index (χ1v) is 10.3. The Morgan fingerprint density at radius 3 is 2.23 bits per heavy atom. The normalized spacial score (nSPS) is 11.8. The molecule has 130 valence electrons. The fourth-order valence-electron chi connectivity index (χ4n) is 2.07. The van der Waals surface area contributed by atoms with E-state index < -0.39 is 0 Å². The molecule has 0 saturated carbocycles. The van der Waals surface area contributed by atoms with Crippen LogP contribution in [-0.4, -0.2) is 5.04 Å². The predicted octanol–water partition coefficient (Wildman–Crippen LogP) is 8.12. The molecule has 0 saturated heterocycles. The number of para-hydroxylation sites is 1. The SMILES string of the molecule is Clc1cccc(SC(C=CSc2ccccc2)=Nc2ccccc2)c1Cl. The topological polar surface area (TPSA) is 12.4 Å². The van der Waals surface area contributed by atoms with E-state index in [0.717, 1.165) is 15.6 Å². The van der Waals surface area contributed by atoms with E-state index in [4.69, 9.17) is 28.2 Å². The zero-order chi connectivity index (χ0) is 18.2. The maximum atomic E-state index is 6.33. The van der Waals surface area contributed by atoms with Crippen LogP contribution in [-0.2, 0) is 0 Å². The average molecular weight is 416 g/mol. The van der Waals surface area contributed by atoms with Gasteiger partial charge in [-0.05, 0) is 47.9 Å². The van der Waals surface area contributed by atoms with Crippen molar-refractivity contribution in [3.63, 3.8) is 0 Å². The first kappa shape index (κ1) is 19.1. The van der Waals surface area contributed by atoms with Gasteiger partial charge in [0.25, 0.3) is 0 Å². The molecule has 0 bridgehead atoms. The van der Waals surface area contributed by atoms with Gasteiger partial charge in [-0.2, -0.15) is 0 Å². The Morgan fingerprint density at radius 2 is 1.50 bits per heavy atom. The number of hydrogen-bond donors (Lipinski definition) is 0. The van der Waals surface area contributed by atoms with E-state index in [1.165, 1.54) is 16.7 Å². The molecule has 3 rings (SSSR count). The van der Waals surface area contributed by atoms with Crippen LogP contribution in [0, 0.1) is 0 Å². The highest BCUT2D eigenvalue weighted by molar-refractivity contribution is 8.14. The van der Waals surface area contributed by atoms with Gasteiger partial charge in [0.1, 0.15) is 5.04 Å². The van der Waals surface area contributed by atoms with Gasteiger partial charge in [0.15, 0.2) is 0 Å². The first-order chi connectivity index (χ1) is 12.7. The summed E-state index contributed by atoms with van der Waals surface area (Å²) >= 11 is 15.6. The molecule has 1 nitrogen and oxygen atoms in total. The highest BCUT2D eigenvalue weighted by Gasteiger charge is 2.08. The molecule has 0 spiro atoms. The summed E-state index contributed by atoms with van der Waals surface area (Å²) in [7, 11) is 0. The van der Waals surface area contributed by atoms with E-state index in [-0.39, 0.29) is 0 Å². The number of thioether (sulfide) groups is 2. The van der Waals surface area contributed by atoms with Crippen molar-refractivity contribution >= 4 is 57.5 Å². The van der Waals surface area contributed by atoms with E-state index in [1.807, 2.05) is 72.1 Å². The standard InChI is InChI=1S/C21H15Cl2NS2/c22-18-12-7-13-19(21(18)23)26-20(24-16-8-3-1-4-9-16)14-15-25-17-10-5-2-6-11-17/h1-15H. The van der Waals surface area contributed by atoms with Gasteiger partial charge < -0.3 is 0 Å². The summed E-state index contributed by atoms with van der Waals surface area (Å²) in [6, 6.07) is 25.7. The summed E-state index contributed by atoms with van der Waals surface area (Å²) < 4.78 is 0. The summed E-state index contributed by atoms with van der Waals surface area (Å²) in [5.74, 6) is 0. The first-order valence-electron chi connectivity index (χ1n) is 7.86. The Kier molecular flexibility index (Phi) is 7.27. The molecular formula is C21H15Cl2NS2. The number of aliphatic imine (C=N–C) groups is 1. The lowest BCUT2D eigenvalue weighted by Gasteiger charge is -2.06. The summed E-state index contributed by atoms with van der Waals surface area (Å²) in [4.78, 5) is 6.79. The Morgan fingerprint density at radius 1 is 0.808 bits per heavy atom. The zero-order valence-electron chi connectivity index (χ0n) is 13.7. The van der Waals surface area contributed by atoms with E-state index in [2.05, 4.69) is 12.1 Å². The third-order valence-electron chi connectivity index (χ3n) is 3.28. The second-order valence-electron chi connectivity index (χ2n) is 5.17. The Bertz CT molecular complexity index is 910. The van der Waals surface area contributed by atoms with Crippen molar-refractivity contribution in [2.24, 2.45) is 4.99 Å². The Balaban J connectivity index is 1.84. The molecule has 0 radical (unpaired) electrons. The van der Waals surface area contributed by atoms with E-state index >= 15 is 0 Å². The van der Waals surface area contributed by atoms with Gasteiger partial charge in [-0.25, -0.2) is 4.99 Å². The monoisotopic (exact) mass is 415 g/mol. The maximum Gasteiger partial charge on any atom is 0.102 e. The van der Waals surface area contributed by atoms with E-state index in [1.54, 1.807) is 17.8 Å². The molecule has 0 aliphatic carbocycles. The highest BCUT2D eigenvalue weighted by atomic mass is 35.5. The summed E-state index contributed by atoms with van der Waals surface area (Å²) in [5, 5.41) is 3.95. The van der Waals surface area contributed by atoms with Crippen LogP contribution in [0.5, 0.6) is 0 Å². The van der Waals surface area contributed by atoms with Crippen LogP contribution in [0.4, 0.5) is 5.69 Å². The van der Waals surface area contributed by atoms with Gasteiger partial charge in [0.05, 0.1) is 15.7 Å². The molecule has 0 atom stereocenters.